The fraction of sp³-hybridized carbons (Fsp3) is 0.333. The lowest BCUT2D eigenvalue weighted by molar-refractivity contribution is -0.120. The highest BCUT2D eigenvalue weighted by molar-refractivity contribution is 6.02. The van der Waals surface area contributed by atoms with Crippen LogP contribution in [0, 0.1) is 11.8 Å². The standard InChI is InChI=1S/C21H21N7O2/c1-12-15-16(12)18(21(30)27(2)19-17(15)22-8-9-23-19)24-20(29)14-11-28(26-25-14)10-13-6-4-3-5-7-13/h3-9,11-12,15-16,18H,10H2,1-2H3,(H,24,29)/t12-,15+,16-,18-/m0/s1. The molecule has 152 valence electrons. The molecule has 1 fully saturated rings. The molecule has 2 amide bonds. The number of amides is 2. The van der Waals surface area contributed by atoms with Gasteiger partial charge in [-0.05, 0) is 11.5 Å². The van der Waals surface area contributed by atoms with E-state index >= 15 is 0 Å². The van der Waals surface area contributed by atoms with Crippen LogP contribution in [-0.4, -0.2) is 49.9 Å². The molecule has 3 aromatic rings. The van der Waals surface area contributed by atoms with E-state index in [0.29, 0.717) is 12.4 Å². The second kappa shape index (κ2) is 7.01. The fourth-order valence-electron chi connectivity index (χ4n) is 4.37. The van der Waals surface area contributed by atoms with Crippen molar-refractivity contribution in [2.45, 2.75) is 25.4 Å². The third-order valence-electron chi connectivity index (χ3n) is 6.01. The van der Waals surface area contributed by atoms with Gasteiger partial charge in [0.05, 0.1) is 18.4 Å². The number of nitrogens with one attached hydrogen (secondary N) is 1. The van der Waals surface area contributed by atoms with Gasteiger partial charge in [0.15, 0.2) is 11.5 Å². The summed E-state index contributed by atoms with van der Waals surface area (Å²) in [7, 11) is 1.67. The molecular formula is C21H21N7O2. The average Bonchev–Trinajstić information content (AvgIpc) is 3.21. The van der Waals surface area contributed by atoms with Crippen molar-refractivity contribution in [1.29, 1.82) is 0 Å². The third-order valence-corrected chi connectivity index (χ3v) is 6.01. The first kappa shape index (κ1) is 18.4. The van der Waals surface area contributed by atoms with E-state index in [-0.39, 0.29) is 29.4 Å². The van der Waals surface area contributed by atoms with Crippen LogP contribution in [0.4, 0.5) is 5.82 Å². The zero-order chi connectivity index (χ0) is 20.8. The summed E-state index contributed by atoms with van der Waals surface area (Å²) in [6, 6.07) is 9.15. The van der Waals surface area contributed by atoms with Gasteiger partial charge in [-0.25, -0.2) is 9.67 Å². The first-order chi connectivity index (χ1) is 14.5. The van der Waals surface area contributed by atoms with Crippen LogP contribution < -0.4 is 10.2 Å². The van der Waals surface area contributed by atoms with Gasteiger partial charge in [-0.15, -0.1) is 5.10 Å². The van der Waals surface area contributed by atoms with Gasteiger partial charge in [0, 0.05) is 31.3 Å². The van der Waals surface area contributed by atoms with Gasteiger partial charge in [0.1, 0.15) is 6.04 Å². The quantitative estimate of drug-likeness (QED) is 0.703. The maximum Gasteiger partial charge on any atom is 0.274 e. The van der Waals surface area contributed by atoms with Gasteiger partial charge < -0.3 is 5.32 Å². The number of carbonyl (C=O) groups excluding carboxylic acids is 2. The Kier molecular flexibility index (Phi) is 4.30. The first-order valence-electron chi connectivity index (χ1n) is 9.88. The Hall–Kier alpha value is -3.62. The average molecular weight is 403 g/mol. The Balaban J connectivity index is 1.35. The van der Waals surface area contributed by atoms with Crippen LogP contribution in [0.25, 0.3) is 0 Å². The van der Waals surface area contributed by atoms with Gasteiger partial charge in [-0.2, -0.15) is 0 Å². The first-order valence-corrected chi connectivity index (χ1v) is 9.88. The molecule has 1 saturated carbocycles. The molecule has 0 bridgehead atoms. The number of aromatic nitrogens is 5. The summed E-state index contributed by atoms with van der Waals surface area (Å²) in [5.74, 6) is 0.275. The minimum atomic E-state index is -0.655. The van der Waals surface area contributed by atoms with Crippen molar-refractivity contribution in [3.8, 4) is 0 Å². The molecule has 1 aliphatic carbocycles. The molecule has 0 radical (unpaired) electrons. The number of carbonyl (C=O) groups is 2. The smallest absolute Gasteiger partial charge is 0.274 e. The summed E-state index contributed by atoms with van der Waals surface area (Å²) in [6.07, 6.45) is 4.82. The van der Waals surface area contributed by atoms with E-state index in [1.165, 1.54) is 4.90 Å². The molecule has 9 nitrogen and oxygen atoms in total. The fourth-order valence-corrected chi connectivity index (χ4v) is 4.37. The highest BCUT2D eigenvalue weighted by Crippen LogP contribution is 2.58. The minimum Gasteiger partial charge on any atom is -0.338 e. The van der Waals surface area contributed by atoms with Crippen LogP contribution in [0.5, 0.6) is 0 Å². The van der Waals surface area contributed by atoms with E-state index in [0.717, 1.165) is 11.3 Å². The van der Waals surface area contributed by atoms with E-state index < -0.39 is 11.9 Å². The van der Waals surface area contributed by atoms with Crippen LogP contribution >= 0.6 is 0 Å². The van der Waals surface area contributed by atoms with Gasteiger partial charge in [-0.3, -0.25) is 19.5 Å². The zero-order valence-electron chi connectivity index (χ0n) is 16.6. The molecule has 2 aromatic heterocycles. The van der Waals surface area contributed by atoms with Gasteiger partial charge in [0.25, 0.3) is 11.8 Å². The molecule has 0 spiro atoms. The lowest BCUT2D eigenvalue weighted by atomic mass is 10.1. The van der Waals surface area contributed by atoms with Crippen LogP contribution in [0.2, 0.25) is 0 Å². The Morgan fingerprint density at radius 3 is 2.73 bits per heavy atom. The van der Waals surface area contributed by atoms with Crippen molar-refractivity contribution >= 4 is 17.6 Å². The van der Waals surface area contributed by atoms with Gasteiger partial charge in [0.2, 0.25) is 0 Å². The summed E-state index contributed by atoms with van der Waals surface area (Å²) in [4.78, 5) is 36.2. The van der Waals surface area contributed by atoms with Crippen molar-refractivity contribution in [2.24, 2.45) is 11.8 Å². The molecule has 5 rings (SSSR count). The molecule has 0 saturated heterocycles. The molecule has 3 heterocycles. The second-order valence-electron chi connectivity index (χ2n) is 7.86. The van der Waals surface area contributed by atoms with Crippen molar-refractivity contribution in [3.63, 3.8) is 0 Å². The molecule has 9 heteroatoms. The molecule has 4 atom stereocenters. The number of anilines is 1. The van der Waals surface area contributed by atoms with Crippen molar-refractivity contribution in [3.05, 3.63) is 65.9 Å². The van der Waals surface area contributed by atoms with E-state index in [4.69, 9.17) is 0 Å². The van der Waals surface area contributed by atoms with Gasteiger partial charge >= 0.3 is 0 Å². The normalized spacial score (nSPS) is 24.6. The number of hydrogen-bond donors (Lipinski definition) is 1. The largest absolute Gasteiger partial charge is 0.338 e. The van der Waals surface area contributed by atoms with Crippen LogP contribution in [0.3, 0.4) is 0 Å². The van der Waals surface area contributed by atoms with Crippen LogP contribution in [0.1, 0.15) is 34.6 Å². The van der Waals surface area contributed by atoms with E-state index in [1.54, 1.807) is 30.3 Å². The summed E-state index contributed by atoms with van der Waals surface area (Å²) in [5, 5.41) is 10.9. The predicted molar refractivity (Wildman–Crippen MR) is 108 cm³/mol. The number of likely N-dealkylation sites (N-methyl/N-ethyl adjacent to an activating group) is 1. The van der Waals surface area contributed by atoms with Crippen molar-refractivity contribution in [2.75, 3.05) is 11.9 Å². The summed E-state index contributed by atoms with van der Waals surface area (Å²) in [6.45, 7) is 2.59. The SMILES string of the molecule is C[C@H]1[C@H]2c3nccnc3N(C)C(=O)[C@@H](NC(=O)c3cn(Cc4ccccc4)nn3)[C@@H]12. The van der Waals surface area contributed by atoms with Crippen LogP contribution in [-0.2, 0) is 11.3 Å². The molecule has 1 aliphatic heterocycles. The maximum absolute atomic E-state index is 13.1. The Morgan fingerprint density at radius 1 is 1.17 bits per heavy atom. The predicted octanol–water partition coefficient (Wildman–Crippen LogP) is 1.24. The number of rotatable bonds is 4. The highest BCUT2D eigenvalue weighted by atomic mass is 16.2. The molecule has 1 aromatic carbocycles. The van der Waals surface area contributed by atoms with E-state index in [1.807, 2.05) is 30.3 Å². The maximum atomic E-state index is 13.1. The van der Waals surface area contributed by atoms with E-state index in [9.17, 15) is 9.59 Å². The third kappa shape index (κ3) is 3.02. The topological polar surface area (TPSA) is 106 Å². The monoisotopic (exact) mass is 403 g/mol. The molecular weight excluding hydrogens is 382 g/mol. The lowest BCUT2D eigenvalue weighted by Crippen LogP contribution is -2.49. The molecule has 1 N–H and O–H groups in total. The zero-order valence-corrected chi connectivity index (χ0v) is 16.6. The van der Waals surface area contributed by atoms with Crippen molar-refractivity contribution < 1.29 is 9.59 Å². The number of fused-ring (bicyclic) bond motifs is 3. The van der Waals surface area contributed by atoms with Crippen LogP contribution in [0.15, 0.2) is 48.9 Å². The highest BCUT2D eigenvalue weighted by Gasteiger charge is 2.59. The minimum absolute atomic E-state index is 0.0128. The summed E-state index contributed by atoms with van der Waals surface area (Å²) in [5.41, 5.74) is 2.06. The van der Waals surface area contributed by atoms with Crippen molar-refractivity contribution in [1.82, 2.24) is 30.3 Å². The molecule has 30 heavy (non-hydrogen) atoms. The van der Waals surface area contributed by atoms with Gasteiger partial charge in [-0.1, -0.05) is 42.5 Å². The number of benzene rings is 1. The Labute approximate surface area is 173 Å². The summed E-state index contributed by atoms with van der Waals surface area (Å²) < 4.78 is 1.61. The number of hydrogen-bond acceptors (Lipinski definition) is 6. The Morgan fingerprint density at radius 2 is 1.93 bits per heavy atom. The Bertz CT molecular complexity index is 1110. The second-order valence-corrected chi connectivity index (χ2v) is 7.86. The number of nitrogens with zero attached hydrogens (tertiary/aromatic N) is 6. The molecule has 0 unspecified atom stereocenters. The summed E-state index contributed by atoms with van der Waals surface area (Å²) >= 11 is 0. The molecule has 2 aliphatic rings. The van der Waals surface area contributed by atoms with E-state index in [2.05, 4.69) is 32.5 Å². The lowest BCUT2D eigenvalue weighted by Gasteiger charge is -2.22.